The predicted molar refractivity (Wildman–Crippen MR) is 70.4 cm³/mol. The van der Waals surface area contributed by atoms with E-state index in [1.807, 2.05) is 6.07 Å². The van der Waals surface area contributed by atoms with Crippen LogP contribution in [0.1, 0.15) is 37.2 Å². The Kier molecular flexibility index (Phi) is 4.16. The van der Waals surface area contributed by atoms with Crippen molar-refractivity contribution in [1.29, 1.82) is 0 Å². The lowest BCUT2D eigenvalue weighted by molar-refractivity contribution is 0.389. The Hall–Kier alpha value is -0.890. The van der Waals surface area contributed by atoms with Crippen molar-refractivity contribution in [2.45, 2.75) is 37.0 Å². The molecule has 1 aliphatic carbocycles. The van der Waals surface area contributed by atoms with Crippen molar-refractivity contribution >= 4 is 11.6 Å². The summed E-state index contributed by atoms with van der Waals surface area (Å²) in [5, 5.41) is 0.237. The highest BCUT2D eigenvalue weighted by Crippen LogP contribution is 2.39. The van der Waals surface area contributed by atoms with Crippen molar-refractivity contribution in [3.8, 4) is 11.5 Å². The zero-order valence-electron chi connectivity index (χ0n) is 10.4. The van der Waals surface area contributed by atoms with Gasteiger partial charge in [0.15, 0.2) is 0 Å². The fourth-order valence-corrected chi connectivity index (χ4v) is 2.93. The van der Waals surface area contributed by atoms with Gasteiger partial charge in [-0.3, -0.25) is 0 Å². The molecule has 17 heavy (non-hydrogen) atoms. The van der Waals surface area contributed by atoms with Gasteiger partial charge < -0.3 is 9.47 Å². The van der Waals surface area contributed by atoms with Crippen molar-refractivity contribution in [3.63, 3.8) is 0 Å². The van der Waals surface area contributed by atoms with Gasteiger partial charge in [-0.05, 0) is 30.5 Å². The van der Waals surface area contributed by atoms with Crippen LogP contribution in [0.15, 0.2) is 18.2 Å². The van der Waals surface area contributed by atoms with Crippen LogP contribution in [0.25, 0.3) is 0 Å². The Labute approximate surface area is 108 Å². The molecular formula is C14H19ClO2. The van der Waals surface area contributed by atoms with E-state index in [1.165, 1.54) is 18.4 Å². The van der Waals surface area contributed by atoms with Gasteiger partial charge >= 0.3 is 0 Å². The number of rotatable bonds is 3. The first-order valence-electron chi connectivity index (χ1n) is 6.11. The van der Waals surface area contributed by atoms with Gasteiger partial charge in [-0.1, -0.05) is 12.8 Å². The number of ether oxygens (including phenoxy) is 2. The Morgan fingerprint density at radius 3 is 2.12 bits per heavy atom. The van der Waals surface area contributed by atoms with E-state index in [4.69, 9.17) is 21.1 Å². The lowest BCUT2D eigenvalue weighted by Crippen LogP contribution is -2.17. The molecule has 0 amide bonds. The maximum atomic E-state index is 6.43. The summed E-state index contributed by atoms with van der Waals surface area (Å²) >= 11 is 6.43. The highest BCUT2D eigenvalue weighted by atomic mass is 35.5. The van der Waals surface area contributed by atoms with E-state index in [1.54, 1.807) is 14.2 Å². The van der Waals surface area contributed by atoms with Crippen LogP contribution in [-0.2, 0) is 0 Å². The molecule has 1 aromatic rings. The topological polar surface area (TPSA) is 18.5 Å². The second kappa shape index (κ2) is 5.63. The summed E-state index contributed by atoms with van der Waals surface area (Å²) in [6.07, 6.45) is 4.76. The van der Waals surface area contributed by atoms with Gasteiger partial charge in [0.25, 0.3) is 0 Å². The molecule has 0 bridgehead atoms. The van der Waals surface area contributed by atoms with Crippen LogP contribution in [0, 0.1) is 0 Å². The van der Waals surface area contributed by atoms with Crippen molar-refractivity contribution in [3.05, 3.63) is 23.8 Å². The molecule has 3 heteroatoms. The van der Waals surface area contributed by atoms with Crippen molar-refractivity contribution in [2.24, 2.45) is 0 Å². The molecule has 0 heterocycles. The van der Waals surface area contributed by atoms with Gasteiger partial charge in [-0.2, -0.15) is 0 Å². The Balaban J connectivity index is 2.29. The highest BCUT2D eigenvalue weighted by molar-refractivity contribution is 6.21. The van der Waals surface area contributed by atoms with E-state index in [0.29, 0.717) is 5.92 Å². The van der Waals surface area contributed by atoms with Crippen LogP contribution >= 0.6 is 11.6 Å². The molecule has 0 saturated heterocycles. The minimum atomic E-state index is 0.237. The summed E-state index contributed by atoms with van der Waals surface area (Å²) in [4.78, 5) is 0. The van der Waals surface area contributed by atoms with E-state index in [2.05, 4.69) is 12.1 Å². The number of alkyl halides is 1. The second-order valence-corrected chi connectivity index (χ2v) is 5.11. The van der Waals surface area contributed by atoms with Crippen molar-refractivity contribution in [1.82, 2.24) is 0 Å². The molecule has 0 radical (unpaired) electrons. The maximum Gasteiger partial charge on any atom is 0.122 e. The van der Waals surface area contributed by atoms with Gasteiger partial charge in [0.05, 0.1) is 14.2 Å². The number of hydrogen-bond donors (Lipinski definition) is 0. The summed E-state index contributed by atoms with van der Waals surface area (Å²) in [5.41, 5.74) is 1.24. The van der Waals surface area contributed by atoms with Crippen molar-refractivity contribution < 1.29 is 9.47 Å². The molecule has 2 atom stereocenters. The second-order valence-electron chi connectivity index (χ2n) is 4.55. The molecule has 0 spiro atoms. The minimum absolute atomic E-state index is 0.237. The molecule has 0 N–H and O–H groups in total. The predicted octanol–water partition coefficient (Wildman–Crippen LogP) is 3.97. The standard InChI is InChI=1S/C14H19ClO2/c1-16-11-7-10(8-12(9-11)17-2)13-5-3-4-6-14(13)15/h7-9,13-14H,3-6H2,1-2H3. The lowest BCUT2D eigenvalue weighted by atomic mass is 9.83. The SMILES string of the molecule is COc1cc(OC)cc(C2CCCCC2Cl)c1. The molecule has 0 aliphatic heterocycles. The van der Waals surface area contributed by atoms with E-state index in [-0.39, 0.29) is 5.38 Å². The van der Waals surface area contributed by atoms with Gasteiger partial charge in [-0.15, -0.1) is 11.6 Å². The zero-order valence-corrected chi connectivity index (χ0v) is 11.2. The Morgan fingerprint density at radius 2 is 1.59 bits per heavy atom. The average molecular weight is 255 g/mol. The van der Waals surface area contributed by atoms with E-state index in [9.17, 15) is 0 Å². The van der Waals surface area contributed by atoms with Crippen LogP contribution in [-0.4, -0.2) is 19.6 Å². The summed E-state index contributed by atoms with van der Waals surface area (Å²) in [7, 11) is 3.36. The minimum Gasteiger partial charge on any atom is -0.497 e. The van der Waals surface area contributed by atoms with E-state index >= 15 is 0 Å². The first-order valence-corrected chi connectivity index (χ1v) is 6.55. The zero-order chi connectivity index (χ0) is 12.3. The number of methoxy groups -OCH3 is 2. The van der Waals surface area contributed by atoms with E-state index < -0.39 is 0 Å². The summed E-state index contributed by atoms with van der Waals surface area (Å²) in [5.74, 6) is 2.11. The third-order valence-corrected chi connectivity index (χ3v) is 4.01. The normalized spacial score (nSPS) is 24.4. The van der Waals surface area contributed by atoms with E-state index in [0.717, 1.165) is 24.3 Å². The number of hydrogen-bond acceptors (Lipinski definition) is 2. The number of benzene rings is 1. The molecule has 2 nitrogen and oxygen atoms in total. The van der Waals surface area contributed by atoms with Crippen LogP contribution in [0.5, 0.6) is 11.5 Å². The highest BCUT2D eigenvalue weighted by Gasteiger charge is 2.25. The third kappa shape index (κ3) is 2.86. The monoisotopic (exact) mass is 254 g/mol. The Bertz CT molecular complexity index is 356. The third-order valence-electron chi connectivity index (χ3n) is 3.48. The smallest absolute Gasteiger partial charge is 0.122 e. The molecule has 2 unspecified atom stereocenters. The maximum absolute atomic E-state index is 6.43. The van der Waals surface area contributed by atoms with Crippen LogP contribution in [0.2, 0.25) is 0 Å². The Morgan fingerprint density at radius 1 is 1.00 bits per heavy atom. The van der Waals surface area contributed by atoms with Gasteiger partial charge in [0, 0.05) is 17.4 Å². The molecule has 94 valence electrons. The molecule has 1 saturated carbocycles. The van der Waals surface area contributed by atoms with Gasteiger partial charge in [-0.25, -0.2) is 0 Å². The molecule has 1 aromatic carbocycles. The lowest BCUT2D eigenvalue weighted by Gasteiger charge is -2.27. The van der Waals surface area contributed by atoms with Crippen LogP contribution in [0.4, 0.5) is 0 Å². The van der Waals surface area contributed by atoms with Crippen LogP contribution in [0.3, 0.4) is 0 Å². The van der Waals surface area contributed by atoms with Gasteiger partial charge in [0.1, 0.15) is 11.5 Å². The molecule has 2 rings (SSSR count). The molecule has 1 fully saturated rings. The largest absolute Gasteiger partial charge is 0.497 e. The van der Waals surface area contributed by atoms with Crippen LogP contribution < -0.4 is 9.47 Å². The van der Waals surface area contributed by atoms with Crippen molar-refractivity contribution in [2.75, 3.05) is 14.2 Å². The van der Waals surface area contributed by atoms with Gasteiger partial charge in [0.2, 0.25) is 0 Å². The number of halogens is 1. The summed E-state index contributed by atoms with van der Waals surface area (Å²) in [6.45, 7) is 0. The fraction of sp³-hybridized carbons (Fsp3) is 0.571. The molecule has 1 aliphatic rings. The summed E-state index contributed by atoms with van der Waals surface area (Å²) in [6, 6.07) is 6.05. The average Bonchev–Trinajstić information content (AvgIpc) is 2.38. The fourth-order valence-electron chi connectivity index (χ4n) is 2.50. The quantitative estimate of drug-likeness (QED) is 0.760. The molecule has 0 aromatic heterocycles. The molecular weight excluding hydrogens is 236 g/mol. The summed E-state index contributed by atoms with van der Waals surface area (Å²) < 4.78 is 10.6. The first kappa shape index (κ1) is 12.6. The first-order chi connectivity index (χ1) is 8.24.